The van der Waals surface area contributed by atoms with Gasteiger partial charge in [-0.05, 0) is 29.3 Å². The Morgan fingerprint density at radius 3 is 2.85 bits per heavy atom. The van der Waals surface area contributed by atoms with E-state index in [0.29, 0.717) is 24.5 Å². The third kappa shape index (κ3) is 2.20. The van der Waals surface area contributed by atoms with E-state index in [-0.39, 0.29) is 5.78 Å². The molecule has 1 unspecified atom stereocenters. The lowest BCUT2D eigenvalue weighted by Gasteiger charge is -2.08. The summed E-state index contributed by atoms with van der Waals surface area (Å²) in [6.45, 7) is 1.11. The summed E-state index contributed by atoms with van der Waals surface area (Å²) in [7, 11) is 0. The van der Waals surface area contributed by atoms with Gasteiger partial charge in [0.25, 0.3) is 0 Å². The van der Waals surface area contributed by atoms with E-state index >= 15 is 0 Å². The van der Waals surface area contributed by atoms with Gasteiger partial charge in [-0.2, -0.15) is 5.26 Å². The maximum Gasteiger partial charge on any atom is 0.186 e. The number of nitrogens with zero attached hydrogens (tertiary/aromatic N) is 2. The van der Waals surface area contributed by atoms with Gasteiger partial charge in [-0.25, -0.2) is 0 Å². The zero-order valence-electron chi connectivity index (χ0n) is 10.7. The summed E-state index contributed by atoms with van der Waals surface area (Å²) in [4.78, 5) is 16.6. The van der Waals surface area contributed by atoms with Crippen molar-refractivity contribution in [3.63, 3.8) is 0 Å². The molecule has 1 aliphatic heterocycles. The highest BCUT2D eigenvalue weighted by atomic mass is 16.5. The molecule has 1 aromatic heterocycles. The van der Waals surface area contributed by atoms with Crippen LogP contribution < -0.4 is 0 Å². The normalized spacial score (nSPS) is 14.3. The van der Waals surface area contributed by atoms with E-state index in [1.807, 2.05) is 18.2 Å². The highest BCUT2D eigenvalue weighted by Gasteiger charge is 2.24. The summed E-state index contributed by atoms with van der Waals surface area (Å²) in [5.74, 6) is -1.09. The highest BCUT2D eigenvalue weighted by molar-refractivity contribution is 6.02. The number of rotatable bonds is 3. The molecule has 0 saturated carbocycles. The average Bonchev–Trinajstić information content (AvgIpc) is 2.96. The number of nitriles is 1. The molecular formula is C16H12N2O2. The molecule has 20 heavy (non-hydrogen) atoms. The topological polar surface area (TPSA) is 63.0 Å². The Balaban J connectivity index is 1.94. The Kier molecular flexibility index (Phi) is 3.28. The molecule has 4 nitrogen and oxygen atoms in total. The maximum absolute atomic E-state index is 12.5. The van der Waals surface area contributed by atoms with Crippen LogP contribution in [0.2, 0.25) is 0 Å². The van der Waals surface area contributed by atoms with Crippen molar-refractivity contribution in [2.24, 2.45) is 0 Å². The van der Waals surface area contributed by atoms with Crippen molar-refractivity contribution in [1.29, 1.82) is 5.26 Å². The van der Waals surface area contributed by atoms with Crippen molar-refractivity contribution in [3.05, 3.63) is 65.0 Å². The predicted molar refractivity (Wildman–Crippen MR) is 71.9 cm³/mol. The third-order valence-corrected chi connectivity index (χ3v) is 3.38. The Morgan fingerprint density at radius 1 is 1.25 bits per heavy atom. The van der Waals surface area contributed by atoms with Gasteiger partial charge in [-0.15, -0.1) is 0 Å². The first-order chi connectivity index (χ1) is 9.79. The molecule has 1 atom stereocenters. The molecule has 0 N–H and O–H groups in total. The van der Waals surface area contributed by atoms with Gasteiger partial charge in [0.2, 0.25) is 0 Å². The van der Waals surface area contributed by atoms with Crippen molar-refractivity contribution in [1.82, 2.24) is 4.98 Å². The number of hydrogen-bond acceptors (Lipinski definition) is 4. The van der Waals surface area contributed by atoms with Crippen molar-refractivity contribution < 1.29 is 9.53 Å². The fourth-order valence-electron chi connectivity index (χ4n) is 2.30. The molecule has 0 bridgehead atoms. The van der Waals surface area contributed by atoms with Crippen molar-refractivity contribution in [2.45, 2.75) is 19.1 Å². The van der Waals surface area contributed by atoms with E-state index in [0.717, 1.165) is 11.1 Å². The molecule has 2 heterocycles. The molecule has 2 aromatic rings. The van der Waals surface area contributed by atoms with Gasteiger partial charge in [0.1, 0.15) is 0 Å². The zero-order chi connectivity index (χ0) is 13.9. The van der Waals surface area contributed by atoms with Crippen LogP contribution in [0.1, 0.15) is 33.1 Å². The summed E-state index contributed by atoms with van der Waals surface area (Å²) >= 11 is 0. The van der Waals surface area contributed by atoms with Crippen molar-refractivity contribution in [2.75, 3.05) is 0 Å². The fourth-order valence-corrected chi connectivity index (χ4v) is 2.30. The summed E-state index contributed by atoms with van der Waals surface area (Å²) in [6.07, 6.45) is 1.59. The first-order valence-corrected chi connectivity index (χ1v) is 6.34. The SMILES string of the molecule is N#CC(C(=O)c1ccc2c(c1)COC2)c1ccccn1. The molecule has 0 spiro atoms. The molecule has 98 valence electrons. The number of ketones is 1. The van der Waals surface area contributed by atoms with Crippen LogP contribution in [0.15, 0.2) is 42.6 Å². The zero-order valence-corrected chi connectivity index (χ0v) is 10.7. The van der Waals surface area contributed by atoms with Gasteiger partial charge < -0.3 is 4.74 Å². The number of Topliss-reactive ketones (excluding diaryl/α,β-unsaturated/α-hetero) is 1. The molecule has 1 aromatic carbocycles. The smallest absolute Gasteiger partial charge is 0.186 e. The predicted octanol–water partition coefficient (Wildman–Crippen LogP) is 2.60. The standard InChI is InChI=1S/C16H12N2O2/c17-8-14(15-3-1-2-6-18-15)16(19)11-4-5-12-9-20-10-13(12)7-11/h1-7,14H,9-10H2. The second kappa shape index (κ2) is 5.24. The molecule has 4 heteroatoms. The van der Waals surface area contributed by atoms with Crippen LogP contribution in [0, 0.1) is 11.3 Å². The number of aromatic nitrogens is 1. The molecule has 1 aliphatic rings. The van der Waals surface area contributed by atoms with Crippen LogP contribution in [0.5, 0.6) is 0 Å². The molecule has 3 rings (SSSR count). The van der Waals surface area contributed by atoms with E-state index in [4.69, 9.17) is 4.74 Å². The van der Waals surface area contributed by atoms with Gasteiger partial charge in [0, 0.05) is 11.8 Å². The summed E-state index contributed by atoms with van der Waals surface area (Å²) in [5.41, 5.74) is 3.14. The minimum absolute atomic E-state index is 0.221. The van der Waals surface area contributed by atoms with E-state index in [9.17, 15) is 10.1 Å². The molecule has 0 aliphatic carbocycles. The minimum atomic E-state index is -0.864. The lowest BCUT2D eigenvalue weighted by Crippen LogP contribution is -2.13. The Bertz CT molecular complexity index is 689. The molecular weight excluding hydrogens is 252 g/mol. The van der Waals surface area contributed by atoms with Gasteiger partial charge in [0.05, 0.1) is 25.0 Å². The quantitative estimate of drug-likeness (QED) is 0.799. The van der Waals surface area contributed by atoms with Crippen molar-refractivity contribution in [3.8, 4) is 6.07 Å². The molecule has 0 radical (unpaired) electrons. The average molecular weight is 264 g/mol. The van der Waals surface area contributed by atoms with Crippen LogP contribution in [-0.4, -0.2) is 10.8 Å². The molecule has 0 saturated heterocycles. The molecule has 0 fully saturated rings. The first kappa shape index (κ1) is 12.5. The van der Waals surface area contributed by atoms with Crippen LogP contribution in [0.3, 0.4) is 0 Å². The monoisotopic (exact) mass is 264 g/mol. The van der Waals surface area contributed by atoms with Gasteiger partial charge in [0.15, 0.2) is 11.7 Å². The number of ether oxygens (including phenoxy) is 1. The fraction of sp³-hybridized carbons (Fsp3) is 0.188. The maximum atomic E-state index is 12.5. The van der Waals surface area contributed by atoms with Crippen LogP contribution in [0.25, 0.3) is 0 Å². The number of carbonyl (C=O) groups excluding carboxylic acids is 1. The largest absolute Gasteiger partial charge is 0.372 e. The number of pyridine rings is 1. The van der Waals surface area contributed by atoms with Gasteiger partial charge >= 0.3 is 0 Å². The molecule has 0 amide bonds. The second-order valence-electron chi connectivity index (χ2n) is 4.66. The Labute approximate surface area is 116 Å². The van der Waals surface area contributed by atoms with Crippen LogP contribution >= 0.6 is 0 Å². The highest BCUT2D eigenvalue weighted by Crippen LogP contribution is 2.24. The summed E-state index contributed by atoms with van der Waals surface area (Å²) < 4.78 is 5.33. The van der Waals surface area contributed by atoms with E-state index in [2.05, 4.69) is 4.98 Å². The lowest BCUT2D eigenvalue weighted by molar-refractivity contribution is 0.0977. The van der Waals surface area contributed by atoms with E-state index in [1.165, 1.54) is 0 Å². The van der Waals surface area contributed by atoms with Crippen molar-refractivity contribution >= 4 is 5.78 Å². The van der Waals surface area contributed by atoms with Gasteiger partial charge in [-0.3, -0.25) is 9.78 Å². The number of fused-ring (bicyclic) bond motifs is 1. The number of hydrogen-bond donors (Lipinski definition) is 0. The number of benzene rings is 1. The second-order valence-corrected chi connectivity index (χ2v) is 4.66. The Hall–Kier alpha value is -2.51. The Morgan fingerprint density at radius 2 is 2.10 bits per heavy atom. The van der Waals surface area contributed by atoms with Gasteiger partial charge in [-0.1, -0.05) is 18.2 Å². The minimum Gasteiger partial charge on any atom is -0.372 e. The van der Waals surface area contributed by atoms with Crippen LogP contribution in [0.4, 0.5) is 0 Å². The number of carbonyl (C=O) groups is 1. The van der Waals surface area contributed by atoms with Crippen LogP contribution in [-0.2, 0) is 18.0 Å². The lowest BCUT2D eigenvalue weighted by atomic mass is 9.93. The van der Waals surface area contributed by atoms with E-state index < -0.39 is 5.92 Å². The third-order valence-electron chi connectivity index (χ3n) is 3.38. The summed E-state index contributed by atoms with van der Waals surface area (Å²) in [6, 6.07) is 12.7. The first-order valence-electron chi connectivity index (χ1n) is 6.34. The van der Waals surface area contributed by atoms with E-state index in [1.54, 1.807) is 30.5 Å². The summed E-state index contributed by atoms with van der Waals surface area (Å²) in [5, 5.41) is 9.27.